The van der Waals surface area contributed by atoms with Crippen molar-refractivity contribution in [3.05, 3.63) is 70.1 Å². The lowest BCUT2D eigenvalue weighted by Gasteiger charge is -2.11. The van der Waals surface area contributed by atoms with Crippen molar-refractivity contribution in [2.24, 2.45) is 4.99 Å². The summed E-state index contributed by atoms with van der Waals surface area (Å²) in [6.45, 7) is 3.09. The molecule has 2 aromatic carbocycles. The Morgan fingerprint density at radius 1 is 1.14 bits per heavy atom. The van der Waals surface area contributed by atoms with Gasteiger partial charge in [-0.15, -0.1) is 0 Å². The Balaban J connectivity index is 1.50. The van der Waals surface area contributed by atoms with Gasteiger partial charge in [-0.2, -0.15) is 0 Å². The fourth-order valence-corrected chi connectivity index (χ4v) is 4.70. The predicted molar refractivity (Wildman–Crippen MR) is 126 cm³/mol. The molecule has 2 N–H and O–H groups in total. The third-order valence-corrected chi connectivity index (χ3v) is 6.45. The van der Waals surface area contributed by atoms with Crippen LogP contribution in [0.3, 0.4) is 0 Å². The molecule has 1 amide bonds. The SMILES string of the molecule is CCOC(=O)Nc1ccc2c(COC(=O)C(C)N=C3NS(=O)(=O)c4ccccc43)cc(=O)oc2c1. The van der Waals surface area contributed by atoms with E-state index in [-0.39, 0.29) is 29.5 Å². The highest BCUT2D eigenvalue weighted by Gasteiger charge is 2.31. The fraction of sp³-hybridized carbons (Fsp3) is 0.217. The molecule has 0 bridgehead atoms. The number of nitrogens with zero attached hydrogens (tertiary/aromatic N) is 1. The van der Waals surface area contributed by atoms with Crippen molar-refractivity contribution < 1.29 is 31.9 Å². The van der Waals surface area contributed by atoms with Crippen LogP contribution in [0, 0.1) is 0 Å². The summed E-state index contributed by atoms with van der Waals surface area (Å²) in [6, 6.07) is 11.1. The lowest BCUT2D eigenvalue weighted by Crippen LogP contribution is -2.26. The van der Waals surface area contributed by atoms with Crippen LogP contribution in [-0.4, -0.2) is 39.0 Å². The number of sulfonamides is 1. The van der Waals surface area contributed by atoms with Crippen molar-refractivity contribution in [3.8, 4) is 0 Å². The quantitative estimate of drug-likeness (QED) is 0.387. The Bertz CT molecular complexity index is 1510. The zero-order chi connectivity index (χ0) is 25.2. The number of esters is 1. The van der Waals surface area contributed by atoms with E-state index < -0.39 is 33.8 Å². The maximum absolute atomic E-state index is 12.6. The lowest BCUT2D eigenvalue weighted by atomic mass is 10.1. The average molecular weight is 500 g/mol. The van der Waals surface area contributed by atoms with Crippen LogP contribution in [0.15, 0.2) is 67.6 Å². The number of fused-ring (bicyclic) bond motifs is 2. The van der Waals surface area contributed by atoms with Crippen molar-refractivity contribution in [2.45, 2.75) is 31.4 Å². The average Bonchev–Trinajstić information content (AvgIpc) is 3.06. The number of nitrogens with one attached hydrogen (secondary N) is 2. The number of amidine groups is 1. The Kier molecular flexibility index (Phi) is 6.56. The molecule has 182 valence electrons. The molecule has 1 aliphatic rings. The molecule has 35 heavy (non-hydrogen) atoms. The van der Waals surface area contributed by atoms with E-state index in [0.29, 0.717) is 22.2 Å². The van der Waals surface area contributed by atoms with Gasteiger partial charge in [-0.25, -0.2) is 22.8 Å². The Labute approximate surface area is 199 Å². The first-order valence-electron chi connectivity index (χ1n) is 10.5. The first-order chi connectivity index (χ1) is 16.7. The second kappa shape index (κ2) is 9.58. The maximum atomic E-state index is 12.6. The molecule has 12 heteroatoms. The van der Waals surface area contributed by atoms with Crippen molar-refractivity contribution in [1.82, 2.24) is 4.72 Å². The van der Waals surface area contributed by atoms with Crippen LogP contribution in [-0.2, 0) is 30.9 Å². The minimum Gasteiger partial charge on any atom is -0.459 e. The number of hydrogen-bond donors (Lipinski definition) is 2. The number of carbonyl (C=O) groups excluding carboxylic acids is 2. The summed E-state index contributed by atoms with van der Waals surface area (Å²) in [5, 5.41) is 3.02. The number of carbonyl (C=O) groups is 2. The maximum Gasteiger partial charge on any atom is 0.411 e. The second-order valence-electron chi connectivity index (χ2n) is 7.51. The van der Waals surface area contributed by atoms with E-state index in [1.807, 2.05) is 0 Å². The lowest BCUT2D eigenvalue weighted by molar-refractivity contribution is -0.145. The Hall–Kier alpha value is -4.19. The van der Waals surface area contributed by atoms with Crippen LogP contribution in [0.5, 0.6) is 0 Å². The molecule has 1 aromatic heterocycles. The monoisotopic (exact) mass is 499 g/mol. The van der Waals surface area contributed by atoms with E-state index in [0.717, 1.165) is 0 Å². The first kappa shape index (κ1) is 24.0. The van der Waals surface area contributed by atoms with Crippen LogP contribution in [0.25, 0.3) is 11.0 Å². The van der Waals surface area contributed by atoms with Gasteiger partial charge in [0.1, 0.15) is 24.1 Å². The second-order valence-corrected chi connectivity index (χ2v) is 9.16. The summed E-state index contributed by atoms with van der Waals surface area (Å²) in [6.07, 6.45) is -0.651. The van der Waals surface area contributed by atoms with Gasteiger partial charge in [0.2, 0.25) is 0 Å². The number of amides is 1. The molecule has 4 rings (SSSR count). The van der Waals surface area contributed by atoms with Crippen molar-refractivity contribution in [1.29, 1.82) is 0 Å². The number of ether oxygens (including phenoxy) is 2. The van der Waals surface area contributed by atoms with E-state index >= 15 is 0 Å². The van der Waals surface area contributed by atoms with Crippen LogP contribution in [0.1, 0.15) is 25.0 Å². The Morgan fingerprint density at radius 3 is 2.69 bits per heavy atom. The molecule has 1 atom stereocenters. The zero-order valence-corrected chi connectivity index (χ0v) is 19.5. The van der Waals surface area contributed by atoms with Gasteiger partial charge in [0, 0.05) is 34.3 Å². The largest absolute Gasteiger partial charge is 0.459 e. The van der Waals surface area contributed by atoms with Gasteiger partial charge >= 0.3 is 17.7 Å². The van der Waals surface area contributed by atoms with E-state index in [1.165, 1.54) is 25.1 Å². The standard InChI is InChI=1S/C23H21N3O8S/c1-3-32-23(29)25-15-8-9-16-14(10-20(27)34-18(16)11-15)12-33-22(28)13(2)24-21-17-6-4-5-7-19(17)35(30,31)26-21/h4-11,13H,3,12H2,1-2H3,(H,24,26)(H,25,29). The van der Waals surface area contributed by atoms with Gasteiger partial charge in [0.05, 0.1) is 11.5 Å². The minimum absolute atomic E-state index is 0.0532. The first-order valence-corrected chi connectivity index (χ1v) is 12.0. The topological polar surface area (TPSA) is 153 Å². The highest BCUT2D eigenvalue weighted by atomic mass is 32.2. The van der Waals surface area contributed by atoms with Crippen molar-refractivity contribution in [3.63, 3.8) is 0 Å². The third kappa shape index (κ3) is 5.17. The molecule has 0 saturated heterocycles. The number of hydrogen-bond acceptors (Lipinski definition) is 9. The van der Waals surface area contributed by atoms with Gasteiger partial charge in [-0.05, 0) is 38.1 Å². The summed E-state index contributed by atoms with van der Waals surface area (Å²) in [5.41, 5.74) is 0.632. The molecule has 0 saturated carbocycles. The van der Waals surface area contributed by atoms with Crippen LogP contribution >= 0.6 is 0 Å². The minimum atomic E-state index is -3.74. The molecule has 0 aliphatic carbocycles. The van der Waals surface area contributed by atoms with Gasteiger partial charge in [-0.3, -0.25) is 15.0 Å². The fourth-order valence-electron chi connectivity index (χ4n) is 3.46. The Morgan fingerprint density at radius 2 is 1.91 bits per heavy atom. The van der Waals surface area contributed by atoms with Crippen molar-refractivity contribution in [2.75, 3.05) is 11.9 Å². The number of aliphatic imine (C=N–C) groups is 1. The molecule has 0 spiro atoms. The van der Waals surface area contributed by atoms with Crippen LogP contribution in [0.2, 0.25) is 0 Å². The highest BCUT2D eigenvalue weighted by Crippen LogP contribution is 2.24. The number of anilines is 1. The van der Waals surface area contributed by atoms with Gasteiger partial charge in [0.25, 0.3) is 10.0 Å². The summed E-state index contributed by atoms with van der Waals surface area (Å²) < 4.78 is 42.1. The third-order valence-electron chi connectivity index (χ3n) is 5.05. The van der Waals surface area contributed by atoms with Gasteiger partial charge in [-0.1, -0.05) is 12.1 Å². The zero-order valence-electron chi connectivity index (χ0n) is 18.7. The normalized spacial score (nSPS) is 15.8. The summed E-state index contributed by atoms with van der Waals surface area (Å²) >= 11 is 0. The van der Waals surface area contributed by atoms with E-state index in [1.54, 1.807) is 37.3 Å². The van der Waals surface area contributed by atoms with Gasteiger partial charge in [0.15, 0.2) is 0 Å². The molecule has 0 fully saturated rings. The van der Waals surface area contributed by atoms with Gasteiger partial charge < -0.3 is 13.9 Å². The van der Waals surface area contributed by atoms with E-state index in [4.69, 9.17) is 13.9 Å². The predicted octanol–water partition coefficient (Wildman–Crippen LogP) is 2.53. The molecule has 0 radical (unpaired) electrons. The highest BCUT2D eigenvalue weighted by molar-refractivity contribution is 7.90. The molecule has 1 aliphatic heterocycles. The molecule has 2 heterocycles. The van der Waals surface area contributed by atoms with Crippen LogP contribution in [0.4, 0.5) is 10.5 Å². The van der Waals surface area contributed by atoms with E-state index in [2.05, 4.69) is 15.0 Å². The van der Waals surface area contributed by atoms with Crippen LogP contribution < -0.4 is 15.7 Å². The smallest absolute Gasteiger partial charge is 0.411 e. The van der Waals surface area contributed by atoms with Crippen molar-refractivity contribution >= 4 is 44.6 Å². The molecular formula is C23H21N3O8S. The molecule has 11 nitrogen and oxygen atoms in total. The van der Waals surface area contributed by atoms with E-state index in [9.17, 15) is 22.8 Å². The summed E-state index contributed by atoms with van der Waals surface area (Å²) in [5.74, 6) is -0.666. The summed E-state index contributed by atoms with van der Waals surface area (Å²) in [7, 11) is -3.74. The number of rotatable bonds is 6. The summed E-state index contributed by atoms with van der Waals surface area (Å²) in [4.78, 5) is 40.5. The number of benzene rings is 2. The molecule has 3 aromatic rings. The molecular weight excluding hydrogens is 478 g/mol. The molecule has 1 unspecified atom stereocenters.